The first-order valence-electron chi connectivity index (χ1n) is 6.78. The number of ether oxygens (including phenoxy) is 1. The zero-order chi connectivity index (χ0) is 13.4. The van der Waals surface area contributed by atoms with Crippen molar-refractivity contribution < 1.29 is 14.3 Å². The lowest BCUT2D eigenvalue weighted by Gasteiger charge is -2.32. The van der Waals surface area contributed by atoms with Gasteiger partial charge in [-0.3, -0.25) is 0 Å². The Morgan fingerprint density at radius 3 is 2.44 bits per heavy atom. The second-order valence-electron chi connectivity index (χ2n) is 6.78. The van der Waals surface area contributed by atoms with Gasteiger partial charge in [0.1, 0.15) is 11.9 Å². The largest absolute Gasteiger partial charge is 0.444 e. The summed E-state index contributed by atoms with van der Waals surface area (Å²) in [6, 6.07) is 0. The highest BCUT2D eigenvalue weighted by molar-refractivity contribution is 5.70. The minimum atomic E-state index is -0.475. The van der Waals surface area contributed by atoms with Gasteiger partial charge in [-0.05, 0) is 52.4 Å². The molecule has 1 amide bonds. The molecule has 1 aliphatic carbocycles. The van der Waals surface area contributed by atoms with Gasteiger partial charge in [0.15, 0.2) is 0 Å². The molecule has 2 bridgehead atoms. The van der Waals surface area contributed by atoms with Crippen LogP contribution in [0.5, 0.6) is 0 Å². The van der Waals surface area contributed by atoms with Crippen LogP contribution in [0.1, 0.15) is 46.5 Å². The van der Waals surface area contributed by atoms with Gasteiger partial charge < -0.3 is 14.4 Å². The van der Waals surface area contributed by atoms with Crippen molar-refractivity contribution in [3.05, 3.63) is 0 Å². The van der Waals surface area contributed by atoms with E-state index < -0.39 is 5.60 Å². The SMILES string of the molecule is CC(C)(C)OC(=O)N1CC2CCC(C=O)(CC2)C1. The second kappa shape index (κ2) is 4.56. The predicted octanol–water partition coefficient (Wildman–Crippen LogP) is 2.61. The molecule has 3 aliphatic rings. The summed E-state index contributed by atoms with van der Waals surface area (Å²) in [6.07, 6.45) is 4.73. The normalized spacial score (nSPS) is 31.9. The summed E-state index contributed by atoms with van der Waals surface area (Å²) in [5.74, 6) is 0.535. The number of hydrogen-bond donors (Lipinski definition) is 0. The minimum absolute atomic E-state index is 0.275. The van der Waals surface area contributed by atoms with Crippen LogP contribution < -0.4 is 0 Å². The zero-order valence-corrected chi connectivity index (χ0v) is 11.6. The molecule has 0 unspecified atom stereocenters. The molecule has 0 spiro atoms. The van der Waals surface area contributed by atoms with E-state index in [1.165, 1.54) is 0 Å². The number of aldehydes is 1. The first kappa shape index (κ1) is 13.4. The molecule has 1 saturated carbocycles. The number of carbonyl (C=O) groups is 2. The topological polar surface area (TPSA) is 46.6 Å². The Balaban J connectivity index is 2.10. The molecule has 3 fully saturated rings. The second-order valence-corrected chi connectivity index (χ2v) is 6.78. The van der Waals surface area contributed by atoms with Gasteiger partial charge in [-0.1, -0.05) is 0 Å². The van der Waals surface area contributed by atoms with Crippen LogP contribution >= 0.6 is 0 Å². The molecule has 2 heterocycles. The van der Waals surface area contributed by atoms with Gasteiger partial charge in [-0.15, -0.1) is 0 Å². The number of rotatable bonds is 1. The number of fused-ring (bicyclic) bond motifs is 4. The van der Waals surface area contributed by atoms with Crippen molar-refractivity contribution >= 4 is 12.4 Å². The average Bonchev–Trinajstić information content (AvgIpc) is 2.57. The minimum Gasteiger partial charge on any atom is -0.444 e. The molecule has 102 valence electrons. The average molecular weight is 253 g/mol. The standard InChI is InChI=1S/C14H23NO3/c1-13(2,3)18-12(17)15-8-11-4-6-14(9-15,10-16)7-5-11/h10-11H,4-9H2,1-3H3. The van der Waals surface area contributed by atoms with Crippen LogP contribution in [0, 0.1) is 11.3 Å². The van der Waals surface area contributed by atoms with Crippen LogP contribution in [0.15, 0.2) is 0 Å². The predicted molar refractivity (Wildman–Crippen MR) is 68.3 cm³/mol. The van der Waals surface area contributed by atoms with Crippen LogP contribution in [0.3, 0.4) is 0 Å². The van der Waals surface area contributed by atoms with Crippen molar-refractivity contribution in [2.45, 2.75) is 52.1 Å². The Kier molecular flexibility index (Phi) is 3.39. The highest BCUT2D eigenvalue weighted by Crippen LogP contribution is 2.42. The van der Waals surface area contributed by atoms with Crippen molar-refractivity contribution in [3.63, 3.8) is 0 Å². The molecule has 3 rings (SSSR count). The Hall–Kier alpha value is -1.06. The summed E-state index contributed by atoms with van der Waals surface area (Å²) < 4.78 is 5.42. The lowest BCUT2D eigenvalue weighted by atomic mass is 9.73. The maximum Gasteiger partial charge on any atom is 0.410 e. The Bertz CT molecular complexity index is 337. The third-order valence-corrected chi connectivity index (χ3v) is 3.99. The first-order chi connectivity index (χ1) is 8.34. The third-order valence-electron chi connectivity index (χ3n) is 3.99. The van der Waals surface area contributed by atoms with Crippen LogP contribution in [0.25, 0.3) is 0 Å². The van der Waals surface area contributed by atoms with E-state index in [2.05, 4.69) is 0 Å². The van der Waals surface area contributed by atoms with Crippen LogP contribution in [0.4, 0.5) is 4.79 Å². The van der Waals surface area contributed by atoms with Gasteiger partial charge in [-0.2, -0.15) is 0 Å². The van der Waals surface area contributed by atoms with Crippen LogP contribution in [-0.4, -0.2) is 36.0 Å². The molecule has 4 heteroatoms. The number of nitrogens with zero attached hydrogens (tertiary/aromatic N) is 1. The van der Waals surface area contributed by atoms with Crippen molar-refractivity contribution in [2.24, 2.45) is 11.3 Å². The van der Waals surface area contributed by atoms with E-state index in [1.54, 1.807) is 4.90 Å². The molecule has 0 aromatic carbocycles. The van der Waals surface area contributed by atoms with E-state index in [4.69, 9.17) is 4.74 Å². The number of carbonyl (C=O) groups excluding carboxylic acids is 2. The Labute approximate surface area is 109 Å². The molecule has 2 saturated heterocycles. The van der Waals surface area contributed by atoms with Gasteiger partial charge in [-0.25, -0.2) is 4.79 Å². The smallest absolute Gasteiger partial charge is 0.410 e. The lowest BCUT2D eigenvalue weighted by molar-refractivity contribution is -0.118. The van der Waals surface area contributed by atoms with E-state index in [0.29, 0.717) is 12.5 Å². The third kappa shape index (κ3) is 2.85. The van der Waals surface area contributed by atoms with Crippen LogP contribution in [0.2, 0.25) is 0 Å². The fourth-order valence-electron chi connectivity index (χ4n) is 2.97. The van der Waals surface area contributed by atoms with Crippen molar-refractivity contribution in [3.8, 4) is 0 Å². The van der Waals surface area contributed by atoms with Gasteiger partial charge in [0, 0.05) is 18.5 Å². The molecular weight excluding hydrogens is 230 g/mol. The summed E-state index contributed by atoms with van der Waals surface area (Å²) in [7, 11) is 0. The monoisotopic (exact) mass is 253 g/mol. The van der Waals surface area contributed by atoms with Gasteiger partial charge >= 0.3 is 6.09 Å². The Morgan fingerprint density at radius 2 is 1.94 bits per heavy atom. The number of amides is 1. The van der Waals surface area contributed by atoms with Gasteiger partial charge in [0.2, 0.25) is 0 Å². The fraction of sp³-hybridized carbons (Fsp3) is 0.857. The van der Waals surface area contributed by atoms with E-state index in [0.717, 1.165) is 38.5 Å². The molecule has 0 aromatic rings. The summed E-state index contributed by atoms with van der Waals surface area (Å²) in [6.45, 7) is 6.87. The van der Waals surface area contributed by atoms with Crippen LogP contribution in [-0.2, 0) is 9.53 Å². The molecule has 0 aromatic heterocycles. The molecule has 4 nitrogen and oxygen atoms in total. The maximum absolute atomic E-state index is 12.1. The fourth-order valence-corrected chi connectivity index (χ4v) is 2.97. The molecule has 0 atom stereocenters. The van der Waals surface area contributed by atoms with Crippen molar-refractivity contribution in [1.82, 2.24) is 4.90 Å². The van der Waals surface area contributed by atoms with E-state index in [-0.39, 0.29) is 11.5 Å². The zero-order valence-electron chi connectivity index (χ0n) is 11.6. The maximum atomic E-state index is 12.1. The molecule has 2 aliphatic heterocycles. The van der Waals surface area contributed by atoms with E-state index >= 15 is 0 Å². The summed E-state index contributed by atoms with van der Waals surface area (Å²) in [5.41, 5.74) is -0.791. The van der Waals surface area contributed by atoms with E-state index in [1.807, 2.05) is 20.8 Å². The molecular formula is C14H23NO3. The van der Waals surface area contributed by atoms with Gasteiger partial charge in [0.05, 0.1) is 0 Å². The summed E-state index contributed by atoms with van der Waals surface area (Å²) in [5, 5.41) is 0. The lowest BCUT2D eigenvalue weighted by Crippen LogP contribution is -2.42. The summed E-state index contributed by atoms with van der Waals surface area (Å²) in [4.78, 5) is 25.2. The quantitative estimate of drug-likeness (QED) is 0.675. The molecule has 0 radical (unpaired) electrons. The first-order valence-corrected chi connectivity index (χ1v) is 6.78. The van der Waals surface area contributed by atoms with Crippen molar-refractivity contribution in [2.75, 3.05) is 13.1 Å². The number of hydrogen-bond acceptors (Lipinski definition) is 3. The van der Waals surface area contributed by atoms with Gasteiger partial charge in [0.25, 0.3) is 0 Å². The highest BCUT2D eigenvalue weighted by Gasteiger charge is 2.43. The molecule has 18 heavy (non-hydrogen) atoms. The summed E-state index contributed by atoms with van der Waals surface area (Å²) >= 11 is 0. The van der Waals surface area contributed by atoms with E-state index in [9.17, 15) is 9.59 Å². The Morgan fingerprint density at radius 1 is 1.33 bits per heavy atom. The highest BCUT2D eigenvalue weighted by atomic mass is 16.6. The molecule has 0 N–H and O–H groups in total. The van der Waals surface area contributed by atoms with Crippen molar-refractivity contribution in [1.29, 1.82) is 0 Å².